The molecule has 6 nitrogen and oxygen atoms in total. The van der Waals surface area contributed by atoms with Gasteiger partial charge in [-0.05, 0) is 35.2 Å². The lowest BCUT2D eigenvalue weighted by atomic mass is 10.1. The number of benzene rings is 2. The Morgan fingerprint density at radius 2 is 1.82 bits per heavy atom. The molecular weight excluding hydrogens is 352 g/mol. The van der Waals surface area contributed by atoms with Gasteiger partial charge in [0.15, 0.2) is 5.96 Å². The Morgan fingerprint density at radius 3 is 2.50 bits per heavy atom. The molecule has 150 valence electrons. The minimum absolute atomic E-state index is 0.0157. The third-order valence-electron chi connectivity index (χ3n) is 4.37. The van der Waals surface area contributed by atoms with Gasteiger partial charge < -0.3 is 20.3 Å². The summed E-state index contributed by atoms with van der Waals surface area (Å²) in [7, 11) is 6.98. The first kappa shape index (κ1) is 21.4. The van der Waals surface area contributed by atoms with Crippen LogP contribution in [0.4, 0.5) is 0 Å². The highest BCUT2D eigenvalue weighted by Gasteiger charge is 2.08. The molecule has 0 aliphatic rings. The Balaban J connectivity index is 1.87. The molecule has 1 amide bonds. The van der Waals surface area contributed by atoms with Crippen molar-refractivity contribution in [2.24, 2.45) is 4.99 Å². The summed E-state index contributed by atoms with van der Waals surface area (Å²) in [4.78, 5) is 18.0. The van der Waals surface area contributed by atoms with Crippen molar-refractivity contribution in [3.05, 3.63) is 70.8 Å². The normalized spacial score (nSPS) is 11.2. The number of methoxy groups -OCH3 is 1. The summed E-state index contributed by atoms with van der Waals surface area (Å²) in [6.45, 7) is 1.98. The van der Waals surface area contributed by atoms with Gasteiger partial charge in [-0.3, -0.25) is 9.79 Å². The molecular formula is C22H30N4O2. The van der Waals surface area contributed by atoms with Gasteiger partial charge in [0.2, 0.25) is 0 Å². The first-order chi connectivity index (χ1) is 13.5. The van der Waals surface area contributed by atoms with Crippen molar-refractivity contribution >= 4 is 11.9 Å². The van der Waals surface area contributed by atoms with Gasteiger partial charge in [0.25, 0.3) is 5.91 Å². The number of ether oxygens (including phenoxy) is 1. The zero-order chi connectivity index (χ0) is 20.4. The highest BCUT2D eigenvalue weighted by Crippen LogP contribution is 2.10. The Labute approximate surface area is 167 Å². The van der Waals surface area contributed by atoms with Gasteiger partial charge in [0.05, 0.1) is 6.61 Å². The second kappa shape index (κ2) is 11.1. The van der Waals surface area contributed by atoms with Crippen LogP contribution in [0.3, 0.4) is 0 Å². The molecule has 0 unspecified atom stereocenters. The summed E-state index contributed by atoms with van der Waals surface area (Å²) >= 11 is 0. The van der Waals surface area contributed by atoms with E-state index >= 15 is 0 Å². The van der Waals surface area contributed by atoms with Crippen LogP contribution >= 0.6 is 0 Å². The van der Waals surface area contributed by atoms with Gasteiger partial charge >= 0.3 is 0 Å². The van der Waals surface area contributed by atoms with Crippen LogP contribution in [-0.2, 0) is 24.3 Å². The van der Waals surface area contributed by atoms with Crippen molar-refractivity contribution in [2.45, 2.75) is 19.6 Å². The Bertz CT molecular complexity index is 803. The van der Waals surface area contributed by atoms with Crippen molar-refractivity contribution in [1.82, 2.24) is 15.5 Å². The summed E-state index contributed by atoms with van der Waals surface area (Å²) in [5.74, 6) is 0.759. The van der Waals surface area contributed by atoms with Crippen LogP contribution in [0, 0.1) is 0 Å². The van der Waals surface area contributed by atoms with Crippen LogP contribution in [0.15, 0.2) is 53.5 Å². The number of carbonyl (C=O) groups excluding carboxylic acids is 1. The van der Waals surface area contributed by atoms with Crippen LogP contribution in [0.25, 0.3) is 0 Å². The fourth-order valence-corrected chi connectivity index (χ4v) is 2.87. The van der Waals surface area contributed by atoms with Gasteiger partial charge in [0.1, 0.15) is 0 Å². The molecule has 0 heterocycles. The third-order valence-corrected chi connectivity index (χ3v) is 4.37. The van der Waals surface area contributed by atoms with E-state index in [9.17, 15) is 4.79 Å². The molecule has 2 aromatic carbocycles. The first-order valence-electron chi connectivity index (χ1n) is 9.36. The maximum atomic E-state index is 12.1. The second-order valence-electron chi connectivity index (χ2n) is 6.70. The number of aliphatic imine (C=N–C) groups is 1. The summed E-state index contributed by atoms with van der Waals surface area (Å²) < 4.78 is 5.26. The van der Waals surface area contributed by atoms with Gasteiger partial charge in [-0.2, -0.15) is 0 Å². The molecule has 2 aromatic rings. The summed E-state index contributed by atoms with van der Waals surface area (Å²) in [6.07, 6.45) is 0.801. The predicted octanol–water partition coefficient (Wildman–Crippen LogP) is 2.44. The number of hydrogen-bond acceptors (Lipinski definition) is 3. The maximum Gasteiger partial charge on any atom is 0.253 e. The number of rotatable bonds is 8. The smallest absolute Gasteiger partial charge is 0.253 e. The molecule has 6 heteroatoms. The van der Waals surface area contributed by atoms with Gasteiger partial charge in [-0.1, -0.05) is 36.4 Å². The van der Waals surface area contributed by atoms with Crippen molar-refractivity contribution in [3.8, 4) is 0 Å². The maximum absolute atomic E-state index is 12.1. The molecule has 0 saturated carbocycles. The molecule has 2 N–H and O–H groups in total. The molecule has 0 radical (unpaired) electrons. The number of nitrogens with zero attached hydrogens (tertiary/aromatic N) is 2. The second-order valence-corrected chi connectivity index (χ2v) is 6.70. The minimum atomic E-state index is 0.0157. The molecule has 2 rings (SSSR count). The van der Waals surface area contributed by atoms with Gasteiger partial charge in [-0.25, -0.2) is 0 Å². The third kappa shape index (κ3) is 6.39. The predicted molar refractivity (Wildman–Crippen MR) is 114 cm³/mol. The molecule has 0 aliphatic carbocycles. The summed E-state index contributed by atoms with van der Waals surface area (Å²) in [6, 6.07) is 15.9. The van der Waals surface area contributed by atoms with Gasteiger partial charge in [-0.15, -0.1) is 0 Å². The molecule has 0 bridgehead atoms. The van der Waals surface area contributed by atoms with E-state index in [1.807, 2.05) is 36.4 Å². The lowest BCUT2D eigenvalue weighted by Gasteiger charge is -2.14. The molecule has 0 saturated heterocycles. The number of hydrogen-bond donors (Lipinski definition) is 2. The lowest BCUT2D eigenvalue weighted by molar-refractivity contribution is 0.0827. The van der Waals surface area contributed by atoms with Crippen molar-refractivity contribution in [1.29, 1.82) is 0 Å². The SMILES string of the molecule is CN=C(NCCc1cccc(C(=O)N(C)C)c1)NCc1ccccc1COC. The fourth-order valence-electron chi connectivity index (χ4n) is 2.87. The van der Waals surface area contributed by atoms with E-state index in [2.05, 4.69) is 27.8 Å². The quantitative estimate of drug-likeness (QED) is 0.544. The first-order valence-corrected chi connectivity index (χ1v) is 9.36. The molecule has 0 aliphatic heterocycles. The van der Waals surface area contributed by atoms with E-state index < -0.39 is 0 Å². The Hall–Kier alpha value is -2.86. The number of guanidine groups is 1. The summed E-state index contributed by atoms with van der Waals surface area (Å²) in [5, 5.41) is 6.66. The van der Waals surface area contributed by atoms with Crippen molar-refractivity contribution < 1.29 is 9.53 Å². The topological polar surface area (TPSA) is 66.0 Å². The van der Waals surface area contributed by atoms with E-state index in [0.29, 0.717) is 18.7 Å². The zero-order valence-corrected chi connectivity index (χ0v) is 17.2. The molecule has 0 atom stereocenters. The Morgan fingerprint density at radius 1 is 1.07 bits per heavy atom. The monoisotopic (exact) mass is 382 g/mol. The van der Waals surface area contributed by atoms with E-state index in [1.165, 1.54) is 5.56 Å². The van der Waals surface area contributed by atoms with Gasteiger partial charge in [0, 0.05) is 46.9 Å². The highest BCUT2D eigenvalue weighted by atomic mass is 16.5. The average molecular weight is 383 g/mol. The lowest BCUT2D eigenvalue weighted by Crippen LogP contribution is -2.38. The van der Waals surface area contributed by atoms with Crippen LogP contribution < -0.4 is 10.6 Å². The molecule has 0 fully saturated rings. The zero-order valence-electron chi connectivity index (χ0n) is 17.2. The highest BCUT2D eigenvalue weighted by molar-refractivity contribution is 5.94. The van der Waals surface area contributed by atoms with Crippen LogP contribution in [-0.4, -0.2) is 51.6 Å². The number of carbonyl (C=O) groups is 1. The largest absolute Gasteiger partial charge is 0.380 e. The van der Waals surface area contributed by atoms with Crippen molar-refractivity contribution in [2.75, 3.05) is 34.8 Å². The van der Waals surface area contributed by atoms with E-state index in [0.717, 1.165) is 30.1 Å². The molecule has 0 spiro atoms. The standard InChI is InChI=1S/C22H30N4O2/c1-23-22(25-15-19-9-5-6-10-20(19)16-28-4)24-13-12-17-8-7-11-18(14-17)21(27)26(2)3/h5-11,14H,12-13,15-16H2,1-4H3,(H2,23,24,25). The number of amides is 1. The van der Waals surface area contributed by atoms with E-state index in [4.69, 9.17) is 4.74 Å². The minimum Gasteiger partial charge on any atom is -0.380 e. The van der Waals surface area contributed by atoms with Crippen molar-refractivity contribution in [3.63, 3.8) is 0 Å². The van der Waals surface area contributed by atoms with Crippen LogP contribution in [0.5, 0.6) is 0 Å². The Kier molecular flexibility index (Phi) is 8.49. The van der Waals surface area contributed by atoms with E-state index in [-0.39, 0.29) is 5.91 Å². The van der Waals surface area contributed by atoms with E-state index in [1.54, 1.807) is 33.2 Å². The number of nitrogens with one attached hydrogen (secondary N) is 2. The fraction of sp³-hybridized carbons (Fsp3) is 0.364. The molecule has 0 aromatic heterocycles. The average Bonchev–Trinajstić information content (AvgIpc) is 2.71. The van der Waals surface area contributed by atoms with Crippen LogP contribution in [0.1, 0.15) is 27.0 Å². The van der Waals surface area contributed by atoms with Crippen LogP contribution in [0.2, 0.25) is 0 Å². The summed E-state index contributed by atoms with van der Waals surface area (Å²) in [5.41, 5.74) is 4.17. The molecule has 28 heavy (non-hydrogen) atoms.